The fourth-order valence-electron chi connectivity index (χ4n) is 3.52. The fraction of sp³-hybridized carbons (Fsp3) is 0.208. The summed E-state index contributed by atoms with van der Waals surface area (Å²) in [5, 5.41) is 3.06. The summed E-state index contributed by atoms with van der Waals surface area (Å²) in [5.74, 6) is -0.230. The molecular formula is C24H24FN3OS. The minimum Gasteiger partial charge on any atom is -0.367 e. The van der Waals surface area contributed by atoms with Crippen LogP contribution < -0.4 is 10.2 Å². The SMILES string of the molecule is O=C(CN1CCN(c2ccccc2F)CC1)Nc1ccccc1Sc1ccccc1. The number of hydrogen-bond donors (Lipinski definition) is 1. The lowest BCUT2D eigenvalue weighted by molar-refractivity contribution is -0.117. The molecule has 4 rings (SSSR count). The van der Waals surface area contributed by atoms with Gasteiger partial charge in [0.15, 0.2) is 0 Å². The number of carbonyl (C=O) groups is 1. The first-order chi connectivity index (χ1) is 14.7. The second-order valence-corrected chi connectivity index (χ2v) is 8.29. The van der Waals surface area contributed by atoms with Crippen molar-refractivity contribution in [2.45, 2.75) is 9.79 Å². The van der Waals surface area contributed by atoms with Gasteiger partial charge in [-0.15, -0.1) is 0 Å². The van der Waals surface area contributed by atoms with Crippen molar-refractivity contribution in [3.05, 3.63) is 84.7 Å². The predicted octanol–water partition coefficient (Wildman–Crippen LogP) is 4.74. The first-order valence-electron chi connectivity index (χ1n) is 10.0. The number of benzene rings is 3. The van der Waals surface area contributed by atoms with E-state index < -0.39 is 0 Å². The number of hydrogen-bond acceptors (Lipinski definition) is 4. The lowest BCUT2D eigenvalue weighted by Gasteiger charge is -2.35. The van der Waals surface area contributed by atoms with Crippen LogP contribution in [0, 0.1) is 5.82 Å². The van der Waals surface area contributed by atoms with E-state index in [1.165, 1.54) is 6.07 Å². The maximum Gasteiger partial charge on any atom is 0.238 e. The van der Waals surface area contributed by atoms with Gasteiger partial charge >= 0.3 is 0 Å². The largest absolute Gasteiger partial charge is 0.367 e. The topological polar surface area (TPSA) is 35.6 Å². The van der Waals surface area contributed by atoms with Crippen LogP contribution in [-0.4, -0.2) is 43.5 Å². The maximum absolute atomic E-state index is 14.0. The lowest BCUT2D eigenvalue weighted by Crippen LogP contribution is -2.48. The van der Waals surface area contributed by atoms with Crippen molar-refractivity contribution < 1.29 is 9.18 Å². The molecule has 0 spiro atoms. The molecule has 0 aliphatic carbocycles. The van der Waals surface area contributed by atoms with Crippen LogP contribution in [-0.2, 0) is 4.79 Å². The maximum atomic E-state index is 14.0. The van der Waals surface area contributed by atoms with Gasteiger partial charge in [-0.1, -0.05) is 54.2 Å². The van der Waals surface area contributed by atoms with Crippen molar-refractivity contribution in [1.82, 2.24) is 4.90 Å². The molecule has 1 aliphatic heterocycles. The molecule has 30 heavy (non-hydrogen) atoms. The second-order valence-electron chi connectivity index (χ2n) is 7.17. The van der Waals surface area contributed by atoms with Gasteiger partial charge in [0.1, 0.15) is 5.82 Å². The van der Waals surface area contributed by atoms with Crippen molar-refractivity contribution in [2.75, 3.05) is 42.9 Å². The number of piperazine rings is 1. The van der Waals surface area contributed by atoms with Crippen LogP contribution in [0.1, 0.15) is 0 Å². The summed E-state index contributed by atoms with van der Waals surface area (Å²) >= 11 is 1.63. The van der Waals surface area contributed by atoms with Crippen molar-refractivity contribution in [1.29, 1.82) is 0 Å². The molecule has 0 bridgehead atoms. The fourth-order valence-corrected chi connectivity index (χ4v) is 4.45. The van der Waals surface area contributed by atoms with E-state index in [0.29, 0.717) is 25.3 Å². The summed E-state index contributed by atoms with van der Waals surface area (Å²) in [6.45, 7) is 3.18. The quantitative estimate of drug-likeness (QED) is 0.624. The van der Waals surface area contributed by atoms with Gasteiger partial charge in [0.05, 0.1) is 17.9 Å². The van der Waals surface area contributed by atoms with E-state index in [9.17, 15) is 9.18 Å². The normalized spacial score (nSPS) is 14.5. The van der Waals surface area contributed by atoms with E-state index in [1.54, 1.807) is 23.9 Å². The molecule has 1 fully saturated rings. The van der Waals surface area contributed by atoms with Gasteiger partial charge in [-0.05, 0) is 36.4 Å². The van der Waals surface area contributed by atoms with Gasteiger partial charge in [-0.25, -0.2) is 4.39 Å². The van der Waals surface area contributed by atoms with Gasteiger partial charge in [0.25, 0.3) is 0 Å². The third-order valence-corrected chi connectivity index (χ3v) is 6.15. The standard InChI is InChI=1S/C24H24FN3OS/c25-20-10-4-6-12-22(20)28-16-14-27(15-17-28)18-24(29)26-21-11-5-7-13-23(21)30-19-8-2-1-3-9-19/h1-13H,14-18H2,(H,26,29). The van der Waals surface area contributed by atoms with Gasteiger partial charge in [-0.2, -0.15) is 0 Å². The first kappa shape index (κ1) is 20.4. The number of amides is 1. The molecule has 1 N–H and O–H groups in total. The average molecular weight is 422 g/mol. The summed E-state index contributed by atoms with van der Waals surface area (Å²) in [6.07, 6.45) is 0. The summed E-state index contributed by atoms with van der Waals surface area (Å²) in [5.41, 5.74) is 1.45. The number of anilines is 2. The molecule has 0 unspecified atom stereocenters. The zero-order valence-corrected chi connectivity index (χ0v) is 17.4. The molecule has 6 heteroatoms. The van der Waals surface area contributed by atoms with Gasteiger partial charge in [0, 0.05) is 36.0 Å². The van der Waals surface area contributed by atoms with Crippen LogP contribution in [0.3, 0.4) is 0 Å². The highest BCUT2D eigenvalue weighted by molar-refractivity contribution is 7.99. The minimum atomic E-state index is -0.198. The molecule has 4 nitrogen and oxygen atoms in total. The Morgan fingerprint density at radius 1 is 0.867 bits per heavy atom. The van der Waals surface area contributed by atoms with Gasteiger partial charge < -0.3 is 10.2 Å². The Bertz CT molecular complexity index is 991. The van der Waals surface area contributed by atoms with Crippen LogP contribution in [0.4, 0.5) is 15.8 Å². The van der Waals surface area contributed by atoms with Crippen LogP contribution in [0.2, 0.25) is 0 Å². The zero-order valence-electron chi connectivity index (χ0n) is 16.6. The third-order valence-electron chi connectivity index (χ3n) is 5.06. The Morgan fingerprint density at radius 3 is 2.30 bits per heavy atom. The summed E-state index contributed by atoms with van der Waals surface area (Å²) < 4.78 is 14.0. The monoisotopic (exact) mass is 421 g/mol. The molecule has 1 amide bonds. The lowest BCUT2D eigenvalue weighted by atomic mass is 10.2. The van der Waals surface area contributed by atoms with E-state index in [0.717, 1.165) is 28.6 Å². The molecule has 0 aromatic heterocycles. The minimum absolute atomic E-state index is 0.0320. The average Bonchev–Trinajstić information content (AvgIpc) is 2.77. The summed E-state index contributed by atoms with van der Waals surface area (Å²) in [6, 6.07) is 24.8. The third kappa shape index (κ3) is 5.20. The predicted molar refractivity (Wildman–Crippen MR) is 121 cm³/mol. The second kappa shape index (κ2) is 9.78. The number of rotatable bonds is 6. The van der Waals surface area contributed by atoms with E-state index in [4.69, 9.17) is 0 Å². The van der Waals surface area contributed by atoms with Crippen LogP contribution in [0.15, 0.2) is 88.7 Å². The number of nitrogens with one attached hydrogen (secondary N) is 1. The molecule has 1 aliphatic rings. The van der Waals surface area contributed by atoms with Crippen molar-refractivity contribution in [3.8, 4) is 0 Å². The summed E-state index contributed by atoms with van der Waals surface area (Å²) in [7, 11) is 0. The molecule has 0 atom stereocenters. The number of carbonyl (C=O) groups excluding carboxylic acids is 1. The highest BCUT2D eigenvalue weighted by Gasteiger charge is 2.21. The Kier molecular flexibility index (Phi) is 6.67. The van der Waals surface area contributed by atoms with Crippen molar-refractivity contribution in [3.63, 3.8) is 0 Å². The molecule has 3 aromatic rings. The summed E-state index contributed by atoms with van der Waals surface area (Å²) in [4.78, 5) is 18.9. The molecule has 0 saturated carbocycles. The van der Waals surface area contributed by atoms with Crippen LogP contribution in [0.25, 0.3) is 0 Å². The molecule has 1 saturated heterocycles. The van der Waals surface area contributed by atoms with Gasteiger partial charge in [0.2, 0.25) is 5.91 Å². The Labute approximate surface area is 180 Å². The Morgan fingerprint density at radius 2 is 1.53 bits per heavy atom. The number of para-hydroxylation sites is 2. The Balaban J connectivity index is 1.32. The first-order valence-corrected chi connectivity index (χ1v) is 10.8. The Hall–Kier alpha value is -2.83. The molecule has 0 radical (unpaired) electrons. The van der Waals surface area contributed by atoms with Gasteiger partial charge in [-0.3, -0.25) is 9.69 Å². The highest BCUT2D eigenvalue weighted by Crippen LogP contribution is 2.33. The van der Waals surface area contributed by atoms with E-state index in [2.05, 4.69) is 22.3 Å². The van der Waals surface area contributed by atoms with Crippen LogP contribution >= 0.6 is 11.8 Å². The molecule has 154 valence electrons. The number of halogens is 1. The molecule has 3 aromatic carbocycles. The van der Waals surface area contributed by atoms with Crippen molar-refractivity contribution >= 4 is 29.0 Å². The molecule has 1 heterocycles. The van der Waals surface area contributed by atoms with E-state index in [1.807, 2.05) is 53.4 Å². The highest BCUT2D eigenvalue weighted by atomic mass is 32.2. The van der Waals surface area contributed by atoms with E-state index >= 15 is 0 Å². The zero-order chi connectivity index (χ0) is 20.8. The van der Waals surface area contributed by atoms with Crippen LogP contribution in [0.5, 0.6) is 0 Å². The number of nitrogens with zero attached hydrogens (tertiary/aromatic N) is 2. The smallest absolute Gasteiger partial charge is 0.238 e. The van der Waals surface area contributed by atoms with E-state index in [-0.39, 0.29) is 11.7 Å². The van der Waals surface area contributed by atoms with Crippen molar-refractivity contribution in [2.24, 2.45) is 0 Å². The molecular weight excluding hydrogens is 397 g/mol.